The highest BCUT2D eigenvalue weighted by atomic mass is 35.7. The zero-order valence-corrected chi connectivity index (χ0v) is 17.4. The first kappa shape index (κ1) is 20.3. The quantitative estimate of drug-likeness (QED) is 0.584. The number of rotatable bonds is 7. The SMILES string of the molecule is CCCOc1ccc(S(=O)(=O)Cl)cc1-c1nc2c(CCC)nn(C)c2c(=O)[nH]1. The Balaban J connectivity index is 2.27. The van der Waals surface area contributed by atoms with Gasteiger partial charge < -0.3 is 9.72 Å². The molecule has 10 heteroatoms. The first-order valence-electron chi connectivity index (χ1n) is 8.94. The lowest BCUT2D eigenvalue weighted by atomic mass is 10.1. The fourth-order valence-electron chi connectivity index (χ4n) is 2.96. The fourth-order valence-corrected chi connectivity index (χ4v) is 3.74. The number of nitrogens with zero attached hydrogens (tertiary/aromatic N) is 3. The number of nitrogens with one attached hydrogen (secondary N) is 1. The third kappa shape index (κ3) is 3.90. The number of hydrogen-bond acceptors (Lipinski definition) is 6. The summed E-state index contributed by atoms with van der Waals surface area (Å²) >= 11 is 0. The van der Waals surface area contributed by atoms with E-state index in [1.165, 1.54) is 22.9 Å². The fraction of sp³-hybridized carbons (Fsp3) is 0.389. The second kappa shape index (κ2) is 7.92. The molecular formula is C18H21ClN4O4S. The normalized spacial score (nSPS) is 11.9. The van der Waals surface area contributed by atoms with Gasteiger partial charge in [0.25, 0.3) is 14.6 Å². The van der Waals surface area contributed by atoms with Crippen molar-refractivity contribution in [2.45, 2.75) is 38.0 Å². The lowest BCUT2D eigenvalue weighted by Gasteiger charge is -2.12. The monoisotopic (exact) mass is 424 g/mol. The zero-order valence-electron chi connectivity index (χ0n) is 15.8. The minimum atomic E-state index is -3.96. The number of ether oxygens (including phenoxy) is 1. The van der Waals surface area contributed by atoms with Gasteiger partial charge in [-0.2, -0.15) is 5.10 Å². The Morgan fingerprint density at radius 1 is 1.25 bits per heavy atom. The van der Waals surface area contributed by atoms with Gasteiger partial charge in [0.05, 0.1) is 22.8 Å². The minimum Gasteiger partial charge on any atom is -0.493 e. The van der Waals surface area contributed by atoms with Crippen molar-refractivity contribution in [2.75, 3.05) is 6.61 Å². The number of hydrogen-bond donors (Lipinski definition) is 1. The van der Waals surface area contributed by atoms with E-state index in [0.29, 0.717) is 41.1 Å². The topological polar surface area (TPSA) is 107 Å². The highest BCUT2D eigenvalue weighted by Crippen LogP contribution is 2.32. The molecule has 0 unspecified atom stereocenters. The summed E-state index contributed by atoms with van der Waals surface area (Å²) in [5.74, 6) is 0.616. The standard InChI is InChI=1S/C18H21ClN4O4S/c1-4-6-13-15-16(23(3)22-13)18(24)21-17(20-15)12-10-11(28(19,25)26)7-8-14(12)27-9-5-2/h7-8,10H,4-6,9H2,1-3H3,(H,20,21,24). The molecule has 1 N–H and O–H groups in total. The number of H-pyrrole nitrogens is 1. The number of aromatic amines is 1. The van der Waals surface area contributed by atoms with Crippen molar-refractivity contribution in [3.63, 3.8) is 0 Å². The Hall–Kier alpha value is -2.39. The van der Waals surface area contributed by atoms with Gasteiger partial charge in [-0.05, 0) is 31.0 Å². The van der Waals surface area contributed by atoms with Gasteiger partial charge in [-0.1, -0.05) is 20.3 Å². The highest BCUT2D eigenvalue weighted by molar-refractivity contribution is 8.13. The van der Waals surface area contributed by atoms with Gasteiger partial charge >= 0.3 is 0 Å². The molecule has 0 aliphatic heterocycles. The van der Waals surface area contributed by atoms with Gasteiger partial charge in [0, 0.05) is 17.7 Å². The molecule has 2 heterocycles. The van der Waals surface area contributed by atoms with E-state index >= 15 is 0 Å². The molecule has 0 atom stereocenters. The van der Waals surface area contributed by atoms with Crippen molar-refractivity contribution < 1.29 is 13.2 Å². The number of fused-ring (bicyclic) bond motifs is 1. The van der Waals surface area contributed by atoms with Crippen LogP contribution in [0.4, 0.5) is 0 Å². The van der Waals surface area contributed by atoms with E-state index in [4.69, 9.17) is 15.4 Å². The Labute approximate surface area is 166 Å². The average Bonchev–Trinajstić information content (AvgIpc) is 2.95. The van der Waals surface area contributed by atoms with Gasteiger partial charge in [0.1, 0.15) is 17.1 Å². The van der Waals surface area contributed by atoms with Gasteiger partial charge in [-0.3, -0.25) is 9.48 Å². The Bertz CT molecular complexity index is 1180. The molecule has 3 rings (SSSR count). The molecule has 0 aliphatic carbocycles. The molecule has 0 radical (unpaired) electrons. The highest BCUT2D eigenvalue weighted by Gasteiger charge is 2.20. The van der Waals surface area contributed by atoms with Crippen LogP contribution in [0.2, 0.25) is 0 Å². The van der Waals surface area contributed by atoms with Gasteiger partial charge in [0.15, 0.2) is 5.52 Å². The predicted octanol–water partition coefficient (Wildman–Crippen LogP) is 2.99. The molecule has 2 aromatic heterocycles. The largest absolute Gasteiger partial charge is 0.493 e. The van der Waals surface area contributed by atoms with Crippen LogP contribution < -0.4 is 10.3 Å². The maximum Gasteiger partial charge on any atom is 0.277 e. The molecule has 0 saturated carbocycles. The molecule has 0 amide bonds. The summed E-state index contributed by atoms with van der Waals surface area (Å²) in [5, 5.41) is 4.39. The lowest BCUT2D eigenvalue weighted by Crippen LogP contribution is -2.13. The summed E-state index contributed by atoms with van der Waals surface area (Å²) < 4.78 is 30.8. The molecule has 0 spiro atoms. The van der Waals surface area contributed by atoms with Gasteiger partial charge in [0.2, 0.25) is 0 Å². The van der Waals surface area contributed by atoms with E-state index in [9.17, 15) is 13.2 Å². The molecule has 0 aliphatic rings. The Morgan fingerprint density at radius 3 is 2.64 bits per heavy atom. The molecule has 0 fully saturated rings. The lowest BCUT2D eigenvalue weighted by molar-refractivity contribution is 0.318. The van der Waals surface area contributed by atoms with Crippen LogP contribution in [0.1, 0.15) is 32.4 Å². The summed E-state index contributed by atoms with van der Waals surface area (Å²) in [6, 6.07) is 4.23. The van der Waals surface area contributed by atoms with Crippen LogP contribution in [-0.2, 0) is 22.5 Å². The summed E-state index contributed by atoms with van der Waals surface area (Å²) in [6.45, 7) is 4.40. The van der Waals surface area contributed by atoms with Crippen LogP contribution in [0.3, 0.4) is 0 Å². The molecule has 150 valence electrons. The third-order valence-corrected chi connectivity index (χ3v) is 5.55. The van der Waals surface area contributed by atoms with Crippen LogP contribution >= 0.6 is 10.7 Å². The van der Waals surface area contributed by atoms with Gasteiger partial charge in [-0.25, -0.2) is 13.4 Å². The zero-order chi connectivity index (χ0) is 20.5. The van der Waals surface area contributed by atoms with Crippen LogP contribution in [-0.4, -0.2) is 34.8 Å². The van der Waals surface area contributed by atoms with Crippen molar-refractivity contribution in [2.24, 2.45) is 7.05 Å². The Kier molecular flexibility index (Phi) is 5.76. The second-order valence-corrected chi connectivity index (χ2v) is 8.94. The van der Waals surface area contributed by atoms with E-state index in [1.807, 2.05) is 13.8 Å². The molecule has 3 aromatic rings. The molecule has 28 heavy (non-hydrogen) atoms. The van der Waals surface area contributed by atoms with Gasteiger partial charge in [-0.15, -0.1) is 0 Å². The number of benzene rings is 1. The van der Waals surface area contributed by atoms with E-state index in [2.05, 4.69) is 15.1 Å². The van der Waals surface area contributed by atoms with Crippen LogP contribution in [0.25, 0.3) is 22.4 Å². The van der Waals surface area contributed by atoms with E-state index in [0.717, 1.165) is 12.8 Å². The van der Waals surface area contributed by atoms with Crippen molar-refractivity contribution in [1.29, 1.82) is 0 Å². The van der Waals surface area contributed by atoms with Crippen molar-refractivity contribution in [3.8, 4) is 17.1 Å². The van der Waals surface area contributed by atoms with Crippen LogP contribution in [0.5, 0.6) is 5.75 Å². The molecule has 0 saturated heterocycles. The summed E-state index contributed by atoms with van der Waals surface area (Å²) in [6.07, 6.45) is 2.28. The number of aromatic nitrogens is 4. The van der Waals surface area contributed by atoms with Crippen molar-refractivity contribution >= 4 is 30.8 Å². The summed E-state index contributed by atoms with van der Waals surface area (Å²) in [7, 11) is 3.23. The average molecular weight is 425 g/mol. The molecule has 8 nitrogen and oxygen atoms in total. The number of halogens is 1. The maximum atomic E-state index is 12.7. The molecule has 1 aromatic carbocycles. The molecular weight excluding hydrogens is 404 g/mol. The Morgan fingerprint density at radius 2 is 2.00 bits per heavy atom. The van der Waals surface area contributed by atoms with E-state index < -0.39 is 9.05 Å². The summed E-state index contributed by atoms with van der Waals surface area (Å²) in [5.41, 5.74) is 1.55. The maximum absolute atomic E-state index is 12.7. The van der Waals surface area contributed by atoms with Crippen molar-refractivity contribution in [3.05, 3.63) is 34.2 Å². The van der Waals surface area contributed by atoms with Crippen molar-refractivity contribution in [1.82, 2.24) is 19.7 Å². The van der Waals surface area contributed by atoms with Crippen LogP contribution in [0.15, 0.2) is 27.9 Å². The third-order valence-electron chi connectivity index (χ3n) is 4.20. The summed E-state index contributed by atoms with van der Waals surface area (Å²) in [4.78, 5) is 19.9. The second-order valence-electron chi connectivity index (χ2n) is 6.38. The van der Waals surface area contributed by atoms with E-state index in [-0.39, 0.29) is 16.3 Å². The first-order chi connectivity index (χ1) is 13.3. The van der Waals surface area contributed by atoms with Crippen LogP contribution in [0, 0.1) is 0 Å². The van der Waals surface area contributed by atoms with E-state index in [1.54, 1.807) is 7.05 Å². The smallest absolute Gasteiger partial charge is 0.277 e. The minimum absolute atomic E-state index is 0.101. The molecule has 0 bridgehead atoms. The predicted molar refractivity (Wildman–Crippen MR) is 107 cm³/mol. The first-order valence-corrected chi connectivity index (χ1v) is 11.2. The number of aryl methyl sites for hydroxylation is 2.